The van der Waals surface area contributed by atoms with Crippen molar-refractivity contribution >= 4 is 5.91 Å². The van der Waals surface area contributed by atoms with Gasteiger partial charge in [0, 0.05) is 37.9 Å². The smallest absolute Gasteiger partial charge is 0.244 e. The summed E-state index contributed by atoms with van der Waals surface area (Å²) in [7, 11) is 1.84. The summed E-state index contributed by atoms with van der Waals surface area (Å²) in [6, 6.07) is 0.0770. The Hall–Kier alpha value is -1.40. The maximum atomic E-state index is 12.5. The van der Waals surface area contributed by atoms with Crippen LogP contribution >= 0.6 is 0 Å². The van der Waals surface area contributed by atoms with Gasteiger partial charge in [-0.1, -0.05) is 0 Å². The molecular weight excluding hydrogens is 266 g/mol. The van der Waals surface area contributed by atoms with Crippen LogP contribution in [0, 0.1) is 0 Å². The molecule has 3 heterocycles. The van der Waals surface area contributed by atoms with E-state index in [1.54, 1.807) is 10.9 Å². The molecule has 1 unspecified atom stereocenters. The highest BCUT2D eigenvalue weighted by Gasteiger charge is 2.30. The van der Waals surface area contributed by atoms with Gasteiger partial charge in [-0.15, -0.1) is 0 Å². The van der Waals surface area contributed by atoms with Crippen LogP contribution in [0.5, 0.6) is 0 Å². The van der Waals surface area contributed by atoms with Crippen molar-refractivity contribution in [1.82, 2.24) is 19.6 Å². The van der Waals surface area contributed by atoms with Gasteiger partial charge in [0.05, 0.1) is 6.20 Å². The number of nitrogens with two attached hydrogens (primary N) is 1. The molecule has 0 aromatic carbocycles. The van der Waals surface area contributed by atoms with Crippen molar-refractivity contribution in [2.45, 2.75) is 37.8 Å². The monoisotopic (exact) mass is 291 g/mol. The highest BCUT2D eigenvalue weighted by Crippen LogP contribution is 2.22. The third-order valence-corrected chi connectivity index (χ3v) is 4.78. The van der Waals surface area contributed by atoms with Gasteiger partial charge >= 0.3 is 0 Å². The summed E-state index contributed by atoms with van der Waals surface area (Å²) in [4.78, 5) is 17.0. The third-order valence-electron chi connectivity index (χ3n) is 4.78. The van der Waals surface area contributed by atoms with Gasteiger partial charge in [-0.3, -0.25) is 9.48 Å². The summed E-state index contributed by atoms with van der Waals surface area (Å²) in [5.41, 5.74) is 6.88. The Morgan fingerprint density at radius 2 is 1.95 bits per heavy atom. The second kappa shape index (κ2) is 6.15. The lowest BCUT2D eigenvalue weighted by Gasteiger charge is -2.37. The molecule has 2 aliphatic rings. The molecule has 1 aromatic heterocycles. The fraction of sp³-hybridized carbons (Fsp3) is 0.733. The Morgan fingerprint density at radius 3 is 2.52 bits per heavy atom. The average Bonchev–Trinajstić information content (AvgIpc) is 3.17. The van der Waals surface area contributed by atoms with Gasteiger partial charge < -0.3 is 15.5 Å². The first kappa shape index (κ1) is 14.5. The predicted molar refractivity (Wildman–Crippen MR) is 80.5 cm³/mol. The van der Waals surface area contributed by atoms with E-state index in [2.05, 4.69) is 10.00 Å². The van der Waals surface area contributed by atoms with Crippen LogP contribution < -0.4 is 5.73 Å². The first-order valence-corrected chi connectivity index (χ1v) is 7.92. The molecule has 1 atom stereocenters. The SMILES string of the molecule is Cn1cc(C(N)C(=O)N2CCC(N3CCCC3)CC2)cn1. The highest BCUT2D eigenvalue weighted by molar-refractivity contribution is 5.83. The number of hydrogen-bond donors (Lipinski definition) is 1. The number of carbonyl (C=O) groups excluding carboxylic acids is 1. The molecule has 0 radical (unpaired) electrons. The molecular formula is C15H25N5O. The first-order valence-electron chi connectivity index (χ1n) is 7.92. The van der Waals surface area contributed by atoms with Crippen molar-refractivity contribution < 1.29 is 4.79 Å². The van der Waals surface area contributed by atoms with Crippen LogP contribution in [0.3, 0.4) is 0 Å². The maximum absolute atomic E-state index is 12.5. The topological polar surface area (TPSA) is 67.4 Å². The number of aromatic nitrogens is 2. The molecule has 6 nitrogen and oxygen atoms in total. The van der Waals surface area contributed by atoms with Crippen LogP contribution in [0.1, 0.15) is 37.3 Å². The van der Waals surface area contributed by atoms with Crippen LogP contribution in [0.25, 0.3) is 0 Å². The highest BCUT2D eigenvalue weighted by atomic mass is 16.2. The number of amides is 1. The number of hydrogen-bond acceptors (Lipinski definition) is 4. The third kappa shape index (κ3) is 3.11. The Bertz CT molecular complexity index is 486. The van der Waals surface area contributed by atoms with Crippen molar-refractivity contribution in [3.8, 4) is 0 Å². The van der Waals surface area contributed by atoms with E-state index in [0.29, 0.717) is 6.04 Å². The maximum Gasteiger partial charge on any atom is 0.244 e. The zero-order chi connectivity index (χ0) is 14.8. The molecule has 1 aromatic rings. The van der Waals surface area contributed by atoms with Crippen molar-refractivity contribution in [1.29, 1.82) is 0 Å². The molecule has 0 bridgehead atoms. The summed E-state index contributed by atoms with van der Waals surface area (Å²) < 4.78 is 1.68. The summed E-state index contributed by atoms with van der Waals surface area (Å²) >= 11 is 0. The van der Waals surface area contributed by atoms with Gasteiger partial charge in [0.25, 0.3) is 0 Å². The summed E-state index contributed by atoms with van der Waals surface area (Å²) in [5, 5.41) is 4.09. The second-order valence-corrected chi connectivity index (χ2v) is 6.22. The van der Waals surface area contributed by atoms with Crippen LogP contribution in [0.15, 0.2) is 12.4 Å². The van der Waals surface area contributed by atoms with E-state index in [9.17, 15) is 4.79 Å². The minimum absolute atomic E-state index is 0.0304. The van der Waals surface area contributed by atoms with Crippen LogP contribution in [0.2, 0.25) is 0 Å². The van der Waals surface area contributed by atoms with Crippen LogP contribution in [-0.2, 0) is 11.8 Å². The summed E-state index contributed by atoms with van der Waals surface area (Å²) in [6.07, 6.45) is 8.30. The van der Waals surface area contributed by atoms with E-state index >= 15 is 0 Å². The summed E-state index contributed by atoms with van der Waals surface area (Å²) in [5.74, 6) is 0.0304. The predicted octanol–water partition coefficient (Wildman–Crippen LogP) is 0.507. The Kier molecular flexibility index (Phi) is 4.26. The van der Waals surface area contributed by atoms with Gasteiger partial charge in [0.15, 0.2) is 0 Å². The molecule has 21 heavy (non-hydrogen) atoms. The number of likely N-dealkylation sites (tertiary alicyclic amines) is 2. The number of rotatable bonds is 3. The van der Waals surface area contributed by atoms with E-state index in [1.165, 1.54) is 25.9 Å². The van der Waals surface area contributed by atoms with Crippen LogP contribution in [-0.4, -0.2) is 57.7 Å². The normalized spacial score (nSPS) is 22.7. The average molecular weight is 291 g/mol. The lowest BCUT2D eigenvalue weighted by molar-refractivity contribution is -0.134. The molecule has 1 amide bonds. The molecule has 2 aliphatic heterocycles. The molecule has 2 N–H and O–H groups in total. The number of carbonyl (C=O) groups is 1. The van der Waals surface area contributed by atoms with Gasteiger partial charge in [0.1, 0.15) is 6.04 Å². The van der Waals surface area contributed by atoms with E-state index in [-0.39, 0.29) is 5.91 Å². The molecule has 6 heteroatoms. The number of nitrogens with zero attached hydrogens (tertiary/aromatic N) is 4. The lowest BCUT2D eigenvalue weighted by Crippen LogP contribution is -2.48. The zero-order valence-corrected chi connectivity index (χ0v) is 12.7. The molecule has 116 valence electrons. The number of aryl methyl sites for hydroxylation is 1. The Balaban J connectivity index is 1.54. The van der Waals surface area contributed by atoms with Gasteiger partial charge in [-0.2, -0.15) is 5.10 Å². The fourth-order valence-corrected chi connectivity index (χ4v) is 3.50. The van der Waals surface area contributed by atoms with E-state index in [4.69, 9.17) is 5.73 Å². The lowest BCUT2D eigenvalue weighted by atomic mass is 10.0. The Labute approximate surface area is 125 Å². The minimum atomic E-state index is -0.581. The van der Waals surface area contributed by atoms with E-state index < -0.39 is 6.04 Å². The Morgan fingerprint density at radius 1 is 1.29 bits per heavy atom. The molecule has 0 saturated carbocycles. The zero-order valence-electron chi connectivity index (χ0n) is 12.7. The second-order valence-electron chi connectivity index (χ2n) is 6.22. The van der Waals surface area contributed by atoms with Gasteiger partial charge in [0.2, 0.25) is 5.91 Å². The molecule has 0 spiro atoms. The van der Waals surface area contributed by atoms with Gasteiger partial charge in [-0.05, 0) is 38.8 Å². The molecule has 0 aliphatic carbocycles. The van der Waals surface area contributed by atoms with Crippen molar-refractivity contribution in [2.75, 3.05) is 26.2 Å². The van der Waals surface area contributed by atoms with Crippen LogP contribution in [0.4, 0.5) is 0 Å². The standard InChI is InChI=1S/C15H25N5O/c1-18-11-12(10-17-18)14(16)15(21)20-8-4-13(5-9-20)19-6-2-3-7-19/h10-11,13-14H,2-9,16H2,1H3. The first-order chi connectivity index (χ1) is 10.1. The molecule has 2 fully saturated rings. The molecule has 2 saturated heterocycles. The van der Waals surface area contributed by atoms with E-state index in [0.717, 1.165) is 31.5 Å². The summed E-state index contributed by atoms with van der Waals surface area (Å²) in [6.45, 7) is 4.11. The van der Waals surface area contributed by atoms with Crippen molar-refractivity contribution in [2.24, 2.45) is 12.8 Å². The quantitative estimate of drug-likeness (QED) is 0.881. The van der Waals surface area contributed by atoms with Gasteiger partial charge in [-0.25, -0.2) is 0 Å². The van der Waals surface area contributed by atoms with E-state index in [1.807, 2.05) is 18.1 Å². The molecule has 3 rings (SSSR count). The van der Waals surface area contributed by atoms with Crippen molar-refractivity contribution in [3.63, 3.8) is 0 Å². The fourth-order valence-electron chi connectivity index (χ4n) is 3.50. The number of piperidine rings is 1. The van der Waals surface area contributed by atoms with Crippen molar-refractivity contribution in [3.05, 3.63) is 18.0 Å². The largest absolute Gasteiger partial charge is 0.341 e. The minimum Gasteiger partial charge on any atom is -0.341 e.